The molecule has 0 spiro atoms. The molecule has 7 heteroatoms. The van der Waals surface area contributed by atoms with Gasteiger partial charge in [-0.3, -0.25) is 0 Å². The minimum absolute atomic E-state index is 0.283. The molecule has 0 N–H and O–H groups in total. The summed E-state index contributed by atoms with van der Waals surface area (Å²) in [5.41, 5.74) is 0.640. The molecular formula is C25H24O7. The van der Waals surface area contributed by atoms with E-state index in [1.807, 2.05) is 0 Å². The highest BCUT2D eigenvalue weighted by Gasteiger charge is 2.10. The number of hydrogen-bond acceptors (Lipinski definition) is 7. The van der Waals surface area contributed by atoms with Crippen molar-refractivity contribution in [3.63, 3.8) is 0 Å². The Balaban J connectivity index is 1.43. The number of carbonyl (C=O) groups excluding carboxylic acids is 2. The zero-order valence-corrected chi connectivity index (χ0v) is 17.8. The van der Waals surface area contributed by atoms with Crippen LogP contribution < -0.4 is 15.1 Å². The maximum atomic E-state index is 12.4. The molecule has 0 aliphatic rings. The summed E-state index contributed by atoms with van der Waals surface area (Å²) in [5, 5.41) is 0.735. The van der Waals surface area contributed by atoms with Gasteiger partial charge in [0.05, 0.1) is 18.8 Å². The van der Waals surface area contributed by atoms with E-state index in [1.165, 1.54) is 12.1 Å². The van der Waals surface area contributed by atoms with Gasteiger partial charge >= 0.3 is 17.6 Å². The molecule has 0 fully saturated rings. The molecule has 0 aliphatic heterocycles. The number of unbranched alkanes of at least 4 members (excludes halogenated alkanes) is 2. The largest absolute Gasteiger partial charge is 0.494 e. The Morgan fingerprint density at radius 3 is 2.34 bits per heavy atom. The SMILES string of the molecule is C=C(C)C(=O)OCCCCCOc1ccc(C(=O)Oc2ccc3ccc(=O)oc3c2)cc1. The fourth-order valence-electron chi connectivity index (χ4n) is 2.82. The maximum absolute atomic E-state index is 12.4. The van der Waals surface area contributed by atoms with Crippen molar-refractivity contribution in [1.29, 1.82) is 0 Å². The highest BCUT2D eigenvalue weighted by atomic mass is 16.5. The first kappa shape index (κ1) is 22.8. The number of benzene rings is 2. The smallest absolute Gasteiger partial charge is 0.343 e. The van der Waals surface area contributed by atoms with Crippen molar-refractivity contribution in [1.82, 2.24) is 0 Å². The van der Waals surface area contributed by atoms with Crippen molar-refractivity contribution in [3.8, 4) is 11.5 Å². The van der Waals surface area contributed by atoms with E-state index in [2.05, 4.69) is 6.58 Å². The second-order valence-electron chi connectivity index (χ2n) is 7.19. The third kappa shape index (κ3) is 6.57. The summed E-state index contributed by atoms with van der Waals surface area (Å²) < 4.78 is 21.2. The van der Waals surface area contributed by atoms with Crippen molar-refractivity contribution in [2.24, 2.45) is 0 Å². The van der Waals surface area contributed by atoms with E-state index in [0.29, 0.717) is 35.7 Å². The molecule has 3 rings (SSSR count). The summed E-state index contributed by atoms with van der Waals surface area (Å²) >= 11 is 0. The zero-order chi connectivity index (χ0) is 22.9. The second-order valence-corrected chi connectivity index (χ2v) is 7.19. The van der Waals surface area contributed by atoms with Gasteiger partial charge in [-0.1, -0.05) is 6.58 Å². The van der Waals surface area contributed by atoms with Gasteiger partial charge in [0.15, 0.2) is 0 Å². The van der Waals surface area contributed by atoms with E-state index in [-0.39, 0.29) is 11.7 Å². The van der Waals surface area contributed by atoms with Gasteiger partial charge in [0, 0.05) is 23.1 Å². The van der Waals surface area contributed by atoms with Gasteiger partial charge in [-0.2, -0.15) is 0 Å². The molecule has 0 radical (unpaired) electrons. The first-order chi connectivity index (χ1) is 15.4. The van der Waals surface area contributed by atoms with Crippen LogP contribution in [0.3, 0.4) is 0 Å². The summed E-state index contributed by atoms with van der Waals surface area (Å²) in [4.78, 5) is 35.0. The summed E-state index contributed by atoms with van der Waals surface area (Å²) in [5.74, 6) is 0.0272. The van der Waals surface area contributed by atoms with Crippen LogP contribution in [0.4, 0.5) is 0 Å². The van der Waals surface area contributed by atoms with Crippen molar-refractivity contribution < 1.29 is 28.2 Å². The highest BCUT2D eigenvalue weighted by Crippen LogP contribution is 2.21. The Bertz CT molecular complexity index is 1160. The molecule has 7 nitrogen and oxygen atoms in total. The number of carbonyl (C=O) groups is 2. The lowest BCUT2D eigenvalue weighted by molar-refractivity contribution is -0.139. The Morgan fingerprint density at radius 1 is 0.906 bits per heavy atom. The summed E-state index contributed by atoms with van der Waals surface area (Å²) in [7, 11) is 0. The predicted octanol–water partition coefficient (Wildman–Crippen LogP) is 4.68. The van der Waals surface area contributed by atoms with Crippen LogP contribution in [0, 0.1) is 0 Å². The van der Waals surface area contributed by atoms with Crippen LogP contribution >= 0.6 is 0 Å². The van der Waals surface area contributed by atoms with E-state index < -0.39 is 11.6 Å². The van der Waals surface area contributed by atoms with Gasteiger partial charge in [0.1, 0.15) is 17.1 Å². The third-order valence-corrected chi connectivity index (χ3v) is 4.53. The van der Waals surface area contributed by atoms with Crippen LogP contribution in [0.15, 0.2) is 76.0 Å². The fraction of sp³-hybridized carbons (Fsp3) is 0.240. The molecule has 0 unspecified atom stereocenters. The van der Waals surface area contributed by atoms with Crippen LogP contribution in [0.5, 0.6) is 11.5 Å². The molecule has 0 aliphatic carbocycles. The quantitative estimate of drug-likeness (QED) is 0.150. The van der Waals surface area contributed by atoms with Gasteiger partial charge in [-0.05, 0) is 68.7 Å². The van der Waals surface area contributed by atoms with Crippen molar-refractivity contribution in [2.45, 2.75) is 26.2 Å². The number of ether oxygens (including phenoxy) is 3. The van der Waals surface area contributed by atoms with Gasteiger partial charge < -0.3 is 18.6 Å². The monoisotopic (exact) mass is 436 g/mol. The van der Waals surface area contributed by atoms with Crippen LogP contribution in [-0.2, 0) is 9.53 Å². The molecule has 1 heterocycles. The van der Waals surface area contributed by atoms with Gasteiger partial charge in [-0.15, -0.1) is 0 Å². The number of rotatable bonds is 10. The van der Waals surface area contributed by atoms with E-state index in [9.17, 15) is 14.4 Å². The van der Waals surface area contributed by atoms with Crippen molar-refractivity contribution in [3.05, 3.63) is 82.7 Å². The lowest BCUT2D eigenvalue weighted by atomic mass is 10.2. The summed E-state index contributed by atoms with van der Waals surface area (Å²) in [6.45, 7) is 6.03. The van der Waals surface area contributed by atoms with Crippen molar-refractivity contribution >= 4 is 22.9 Å². The van der Waals surface area contributed by atoms with Gasteiger partial charge in [0.2, 0.25) is 0 Å². The van der Waals surface area contributed by atoms with Crippen LogP contribution in [-0.4, -0.2) is 25.2 Å². The molecule has 3 aromatic rings. The van der Waals surface area contributed by atoms with Crippen LogP contribution in [0.2, 0.25) is 0 Å². The Labute approximate surface area is 185 Å². The first-order valence-corrected chi connectivity index (χ1v) is 10.2. The van der Waals surface area contributed by atoms with Crippen molar-refractivity contribution in [2.75, 3.05) is 13.2 Å². The molecule has 2 aromatic carbocycles. The third-order valence-electron chi connectivity index (χ3n) is 4.53. The maximum Gasteiger partial charge on any atom is 0.343 e. The van der Waals surface area contributed by atoms with Crippen LogP contribution in [0.25, 0.3) is 11.0 Å². The summed E-state index contributed by atoms with van der Waals surface area (Å²) in [6, 6.07) is 14.5. The van der Waals surface area contributed by atoms with E-state index in [0.717, 1.165) is 24.6 Å². The van der Waals surface area contributed by atoms with E-state index in [4.69, 9.17) is 18.6 Å². The number of hydrogen-bond donors (Lipinski definition) is 0. The zero-order valence-electron chi connectivity index (χ0n) is 17.8. The predicted molar refractivity (Wildman–Crippen MR) is 119 cm³/mol. The molecule has 0 atom stereocenters. The Kier molecular flexibility index (Phi) is 7.80. The standard InChI is InChI=1S/C25H24O7/c1-17(2)24(27)30-15-5-3-4-14-29-20-10-7-19(8-11-20)25(28)31-21-12-6-18-9-13-23(26)32-22(18)16-21/h6-13,16H,1,3-5,14-15H2,2H3. The summed E-state index contributed by atoms with van der Waals surface area (Å²) in [6.07, 6.45) is 2.43. The van der Waals surface area contributed by atoms with E-state index in [1.54, 1.807) is 49.4 Å². The molecule has 0 bridgehead atoms. The minimum atomic E-state index is -0.529. The first-order valence-electron chi connectivity index (χ1n) is 10.2. The Morgan fingerprint density at radius 2 is 1.59 bits per heavy atom. The average Bonchev–Trinajstić information content (AvgIpc) is 2.78. The normalized spacial score (nSPS) is 10.5. The van der Waals surface area contributed by atoms with Crippen LogP contribution in [0.1, 0.15) is 36.5 Å². The molecule has 1 aromatic heterocycles. The molecule has 0 amide bonds. The molecule has 0 saturated heterocycles. The van der Waals surface area contributed by atoms with Gasteiger partial charge in [-0.25, -0.2) is 14.4 Å². The fourth-order valence-corrected chi connectivity index (χ4v) is 2.82. The Hall–Kier alpha value is -3.87. The van der Waals surface area contributed by atoms with Gasteiger partial charge in [0.25, 0.3) is 0 Å². The lowest BCUT2D eigenvalue weighted by Gasteiger charge is -2.08. The highest BCUT2D eigenvalue weighted by molar-refractivity contribution is 5.91. The molecule has 166 valence electrons. The molecule has 32 heavy (non-hydrogen) atoms. The topological polar surface area (TPSA) is 92.0 Å². The minimum Gasteiger partial charge on any atom is -0.494 e. The number of esters is 2. The lowest BCUT2D eigenvalue weighted by Crippen LogP contribution is -2.08. The molecule has 0 saturated carbocycles. The average molecular weight is 436 g/mol. The second kappa shape index (κ2) is 10.9. The number of fused-ring (bicyclic) bond motifs is 1. The molecular weight excluding hydrogens is 412 g/mol. The van der Waals surface area contributed by atoms with E-state index >= 15 is 0 Å².